The molecule has 19 atom stereocenters. The van der Waals surface area contributed by atoms with E-state index < -0.39 is 86.6 Å². The first-order valence-corrected chi connectivity index (χ1v) is 37.0. The molecule has 3 aromatic carbocycles. The van der Waals surface area contributed by atoms with Crippen molar-refractivity contribution < 1.29 is 64.7 Å². The summed E-state index contributed by atoms with van der Waals surface area (Å²) in [7, 11) is 2.85. The number of aldehydes is 1. The van der Waals surface area contributed by atoms with Crippen LogP contribution in [0.2, 0.25) is 0 Å². The number of rotatable bonds is 10. The van der Waals surface area contributed by atoms with Gasteiger partial charge in [-0.15, -0.1) is 0 Å². The van der Waals surface area contributed by atoms with E-state index in [9.17, 15) is 45.6 Å². The standard InChI is InChI=1S/C75H88N2O13S2/c78-20-6-13-59-74-56(25-45(26-58(74)83)22-42-7-3-9-44(21-42)35-79)62(84)51-11-5-12-57(61(51)64(74)85)89-73-17-14-54-52-28-47-27-48-33-68(37-67(32-49(68)36-80)18-19-70(38-67)31-46(30-69(70)15-1-2-16-69)23-43-8-4-10-50(82)24-43)39-71(48,55-29-60(76-34-53(47)55)77-41-91-92-59)63(52)75(88,66(73)87)65(86)72(54,40-81)90-73/h3-5,7-12,21,24-26,29,36,46-49,52,54,56,59,63,65-66,76-79,81-83,86-88H,1-2,6,13-20,22-23,27-28,30-35,37-41H2. The Kier molecular flexibility index (Phi) is 14.0. The second-order valence-electron chi connectivity index (χ2n) is 31.9. The smallest absolute Gasteiger partial charge is 0.240 e. The molecule has 4 heterocycles. The maximum Gasteiger partial charge on any atom is 0.240 e. The lowest BCUT2D eigenvalue weighted by molar-refractivity contribution is -0.461. The molecular weight excluding hydrogens is 1200 g/mol. The molecule has 4 aliphatic heterocycles. The topological polar surface area (TPSA) is 256 Å². The van der Waals surface area contributed by atoms with Crippen LogP contribution in [0, 0.1) is 79.8 Å². The van der Waals surface area contributed by atoms with Crippen LogP contribution in [0.4, 0.5) is 0 Å². The Morgan fingerprint density at radius 3 is 2.41 bits per heavy atom. The SMILES string of the molecule is O=CC1CC2(CCC3(CC(Cc4cccc(O)c4)CC34CCCC4)C2)CC12CC1CC3CC4C5CCC67Oc8cccc9c8C(=O)C8(C(O)=CC(Cc%10cccc(CO)c%10)=CC8C9=O)C(CCCO)SSCNC8=CC(=C3CN8)C1(C2)C4C(O)(C6O)C(O)C5(CO)O7. The molecule has 7 saturated carbocycles. The quantitative estimate of drug-likeness (QED) is 0.0669. The van der Waals surface area contributed by atoms with Gasteiger partial charge >= 0.3 is 0 Å². The number of aliphatic hydroxyl groups excluding tert-OH is 6. The van der Waals surface area contributed by atoms with Gasteiger partial charge in [0.25, 0.3) is 0 Å². The number of fused-ring (bicyclic) bond motifs is 1. The second-order valence-corrected chi connectivity index (χ2v) is 34.4. The molecule has 3 aromatic rings. The number of aliphatic hydroxyl groups is 7. The van der Waals surface area contributed by atoms with Crippen LogP contribution >= 0.6 is 21.6 Å². The van der Waals surface area contributed by atoms with E-state index in [1.807, 2.05) is 36.4 Å². The zero-order valence-corrected chi connectivity index (χ0v) is 54.0. The monoisotopic (exact) mass is 1290 g/mol. The summed E-state index contributed by atoms with van der Waals surface area (Å²) >= 11 is 0. The third kappa shape index (κ3) is 8.12. The van der Waals surface area contributed by atoms with Crippen molar-refractivity contribution in [3.05, 3.63) is 141 Å². The van der Waals surface area contributed by atoms with Crippen LogP contribution in [-0.2, 0) is 29.0 Å². The fourth-order valence-electron chi connectivity index (χ4n) is 25.2. The fourth-order valence-corrected chi connectivity index (χ4v) is 28.0. The van der Waals surface area contributed by atoms with Gasteiger partial charge in [-0.3, -0.25) is 9.59 Å². The Bertz CT molecular complexity index is 3730. The number of hydrogen-bond acceptors (Lipinski definition) is 17. The van der Waals surface area contributed by atoms with Crippen molar-refractivity contribution in [2.45, 2.75) is 176 Å². The van der Waals surface area contributed by atoms with Gasteiger partial charge in [-0.2, -0.15) is 0 Å². The van der Waals surface area contributed by atoms with Gasteiger partial charge in [0.2, 0.25) is 5.79 Å². The molecule has 19 unspecified atom stereocenters. The van der Waals surface area contributed by atoms with Crippen LogP contribution in [0.1, 0.15) is 159 Å². The molecule has 10 N–H and O–H groups in total. The molecule has 17 heteroatoms. The summed E-state index contributed by atoms with van der Waals surface area (Å²) in [6.07, 6.45) is 20.4. The van der Waals surface area contributed by atoms with Crippen LogP contribution in [0.3, 0.4) is 0 Å². The van der Waals surface area contributed by atoms with E-state index in [0.717, 1.165) is 74.7 Å². The Morgan fingerprint density at radius 1 is 0.804 bits per heavy atom. The molecule has 11 aliphatic carbocycles. The number of ketones is 2. The van der Waals surface area contributed by atoms with Crippen LogP contribution < -0.4 is 15.4 Å². The summed E-state index contributed by atoms with van der Waals surface area (Å²) in [5, 5.41) is 105. The summed E-state index contributed by atoms with van der Waals surface area (Å²) < 4.78 is 14.5. The highest BCUT2D eigenvalue weighted by Gasteiger charge is 2.85. The van der Waals surface area contributed by atoms with Crippen LogP contribution in [0.5, 0.6) is 11.5 Å². The lowest BCUT2D eigenvalue weighted by atomic mass is 9.42. The van der Waals surface area contributed by atoms with Crippen molar-refractivity contribution in [2.24, 2.45) is 79.8 Å². The van der Waals surface area contributed by atoms with E-state index in [-0.39, 0.29) is 95.0 Å². The van der Waals surface area contributed by atoms with Crippen molar-refractivity contribution in [1.82, 2.24) is 10.6 Å². The predicted molar refractivity (Wildman–Crippen MR) is 346 cm³/mol. The number of benzene rings is 3. The zero-order valence-electron chi connectivity index (χ0n) is 52.3. The first-order valence-electron chi connectivity index (χ1n) is 34.6. The number of carbonyl (C=O) groups excluding carboxylic acids is 3. The van der Waals surface area contributed by atoms with Gasteiger partial charge in [-0.1, -0.05) is 89.0 Å². The zero-order chi connectivity index (χ0) is 63.2. The number of dihydropyridines is 1. The summed E-state index contributed by atoms with van der Waals surface area (Å²) in [5.74, 6) is -4.75. The number of phenolic OH excluding ortho intramolecular Hbond substituents is 1. The van der Waals surface area contributed by atoms with Crippen molar-refractivity contribution in [3.8, 4) is 11.5 Å². The molecule has 7 spiro atoms. The number of hydrogen-bond donors (Lipinski definition) is 10. The molecule has 18 rings (SSSR count). The molecule has 0 aromatic heterocycles. The van der Waals surface area contributed by atoms with Crippen LogP contribution in [-0.4, -0.2) is 119 Å². The number of ether oxygens (including phenoxy) is 2. The molecule has 0 radical (unpaired) electrons. The highest BCUT2D eigenvalue weighted by atomic mass is 33.1. The average Bonchev–Trinajstić information content (AvgIpc) is 1.06. The third-order valence-corrected chi connectivity index (χ3v) is 30.7. The maximum atomic E-state index is 16.5. The number of phenols is 1. The van der Waals surface area contributed by atoms with Gasteiger partial charge in [0.1, 0.15) is 46.3 Å². The fraction of sp³-hybridized carbons (Fsp3) is 0.613. The second kappa shape index (κ2) is 21.3. The highest BCUT2D eigenvalue weighted by Crippen LogP contribution is 2.83. The predicted octanol–water partition coefficient (Wildman–Crippen LogP) is 10.0. The van der Waals surface area contributed by atoms with E-state index in [1.165, 1.54) is 71.1 Å². The van der Waals surface area contributed by atoms with Crippen molar-refractivity contribution in [1.29, 1.82) is 0 Å². The molecular formula is C75H88N2O13S2. The summed E-state index contributed by atoms with van der Waals surface area (Å²) in [5.41, 5.74) is -1.42. The number of nitrogens with one attached hydrogen (secondary N) is 2. The normalized spacial score (nSPS) is 43.8. The Balaban J connectivity index is 0.793. The number of carbonyl (C=O) groups is 3. The van der Waals surface area contributed by atoms with Crippen LogP contribution in [0.25, 0.3) is 0 Å². The molecule has 488 valence electrons. The van der Waals surface area contributed by atoms with Gasteiger partial charge < -0.3 is 65.8 Å². The molecule has 9 fully saturated rings. The molecule has 2 saturated heterocycles. The van der Waals surface area contributed by atoms with E-state index >= 15 is 9.59 Å². The number of allylic oxidation sites excluding steroid dienone is 6. The minimum atomic E-state index is -2.39. The maximum absolute atomic E-state index is 16.5. The molecule has 0 amide bonds. The first-order chi connectivity index (χ1) is 44.4. The van der Waals surface area contributed by atoms with E-state index in [1.54, 1.807) is 36.4 Å². The van der Waals surface area contributed by atoms with E-state index in [0.29, 0.717) is 60.9 Å². The molecule has 15 aliphatic rings. The van der Waals surface area contributed by atoms with E-state index in [4.69, 9.17) is 9.47 Å². The van der Waals surface area contributed by atoms with Gasteiger partial charge in [-0.05, 0) is 231 Å². The van der Waals surface area contributed by atoms with Crippen molar-refractivity contribution >= 4 is 39.4 Å². The molecule has 92 heavy (non-hydrogen) atoms. The first kappa shape index (κ1) is 60.7. The molecule has 15 nitrogen and oxygen atoms in total. The third-order valence-electron chi connectivity index (χ3n) is 28.0. The average molecular weight is 1290 g/mol. The van der Waals surface area contributed by atoms with E-state index in [2.05, 4.69) is 22.8 Å². The van der Waals surface area contributed by atoms with Gasteiger partial charge in [0.15, 0.2) is 17.7 Å². The Hall–Kier alpha value is -4.95. The Morgan fingerprint density at radius 2 is 1.61 bits per heavy atom. The summed E-state index contributed by atoms with van der Waals surface area (Å²) in [6.45, 7) is -0.548. The molecule has 10 bridgehead atoms. The van der Waals surface area contributed by atoms with Crippen molar-refractivity contribution in [2.75, 3.05) is 25.6 Å². The highest BCUT2D eigenvalue weighted by molar-refractivity contribution is 8.76. The summed E-state index contributed by atoms with van der Waals surface area (Å²) in [4.78, 5) is 46.7. The largest absolute Gasteiger partial charge is 0.511 e. The minimum absolute atomic E-state index is 0.0140. The van der Waals surface area contributed by atoms with Crippen molar-refractivity contribution in [3.63, 3.8) is 0 Å². The minimum Gasteiger partial charge on any atom is -0.511 e. The van der Waals surface area contributed by atoms with Gasteiger partial charge in [-0.25, -0.2) is 0 Å². The lowest BCUT2D eigenvalue weighted by Crippen LogP contribution is -2.88. The van der Waals surface area contributed by atoms with Gasteiger partial charge in [0.05, 0.1) is 36.4 Å². The number of aromatic hydroxyl groups is 1. The van der Waals surface area contributed by atoms with Gasteiger partial charge in [0, 0.05) is 47.6 Å². The van der Waals surface area contributed by atoms with Crippen LogP contribution in [0.15, 0.2) is 113 Å². The number of Topliss-reactive ketones (excluding diaryl/α,β-unsaturated/α-hetero) is 2. The lowest BCUT2D eigenvalue weighted by Gasteiger charge is -2.72. The summed E-state index contributed by atoms with van der Waals surface area (Å²) in [6, 6.07) is 20.0. The Labute approximate surface area is 545 Å².